The molecule has 5 aromatic carbocycles. The second-order valence-electron chi connectivity index (χ2n) is 8.15. The van der Waals surface area contributed by atoms with Crippen molar-refractivity contribution in [3.63, 3.8) is 0 Å². The lowest BCUT2D eigenvalue weighted by Gasteiger charge is -2.34. The molecule has 0 bridgehead atoms. The zero-order valence-corrected chi connectivity index (χ0v) is 17.2. The maximum atomic E-state index is 2.41. The lowest BCUT2D eigenvalue weighted by atomic mass is 9.67. The Balaban J connectivity index is 0.00000216. The molecule has 5 aromatic rings. The summed E-state index contributed by atoms with van der Waals surface area (Å²) in [6, 6.07) is 48.5. The van der Waals surface area contributed by atoms with Crippen LogP contribution in [0.5, 0.6) is 0 Å². The van der Waals surface area contributed by atoms with E-state index in [1.54, 1.807) is 0 Å². The molecule has 0 saturated carbocycles. The van der Waals surface area contributed by atoms with Crippen molar-refractivity contribution in [3.05, 3.63) is 156 Å². The highest BCUT2D eigenvalue weighted by Gasteiger charge is 2.45. The Labute approximate surface area is 190 Å². The summed E-state index contributed by atoms with van der Waals surface area (Å²) in [5.74, 6) is 0. The first-order valence-electron chi connectivity index (χ1n) is 10.8. The maximum Gasteiger partial charge on any atom is 0.0713 e. The van der Waals surface area contributed by atoms with Gasteiger partial charge in [-0.3, -0.25) is 0 Å². The number of hydrogen-bond donors (Lipinski definition) is 0. The SMILES string of the molecule is C.c1ccc(-c2ccc3c(c2)C(c2ccccc2)(c2ccccc2)c2ccccc2-3)cc1. The molecule has 0 spiro atoms. The van der Waals surface area contributed by atoms with Gasteiger partial charge in [-0.2, -0.15) is 0 Å². The molecule has 0 nitrogen and oxygen atoms in total. The van der Waals surface area contributed by atoms with Crippen molar-refractivity contribution in [2.75, 3.05) is 0 Å². The van der Waals surface area contributed by atoms with Crippen molar-refractivity contribution in [3.8, 4) is 22.3 Å². The molecule has 32 heavy (non-hydrogen) atoms. The van der Waals surface area contributed by atoms with Gasteiger partial charge in [-0.15, -0.1) is 0 Å². The second-order valence-corrected chi connectivity index (χ2v) is 8.15. The normalized spacial score (nSPS) is 13.0. The molecule has 1 aliphatic rings. The molecule has 0 heterocycles. The van der Waals surface area contributed by atoms with E-state index in [4.69, 9.17) is 0 Å². The van der Waals surface area contributed by atoms with Crippen molar-refractivity contribution in [1.82, 2.24) is 0 Å². The Hall–Kier alpha value is -3.90. The van der Waals surface area contributed by atoms with Gasteiger partial charge in [0, 0.05) is 0 Å². The Morgan fingerprint density at radius 1 is 0.375 bits per heavy atom. The summed E-state index contributed by atoms with van der Waals surface area (Å²) < 4.78 is 0. The van der Waals surface area contributed by atoms with Crippen LogP contribution in [0.3, 0.4) is 0 Å². The van der Waals surface area contributed by atoms with Crippen LogP contribution in [0.25, 0.3) is 22.3 Å². The van der Waals surface area contributed by atoms with Crippen molar-refractivity contribution in [2.24, 2.45) is 0 Å². The fraction of sp³-hybridized carbons (Fsp3) is 0.0625. The van der Waals surface area contributed by atoms with Gasteiger partial charge >= 0.3 is 0 Å². The molecule has 0 atom stereocenters. The van der Waals surface area contributed by atoms with Gasteiger partial charge in [0.15, 0.2) is 0 Å². The van der Waals surface area contributed by atoms with E-state index in [2.05, 4.69) is 133 Å². The van der Waals surface area contributed by atoms with Gasteiger partial charge in [0.25, 0.3) is 0 Å². The first kappa shape index (κ1) is 20.0. The summed E-state index contributed by atoms with van der Waals surface area (Å²) in [7, 11) is 0. The molecular formula is C32H26. The highest BCUT2D eigenvalue weighted by Crippen LogP contribution is 2.56. The van der Waals surface area contributed by atoms with E-state index >= 15 is 0 Å². The van der Waals surface area contributed by atoms with Gasteiger partial charge in [0.2, 0.25) is 0 Å². The summed E-state index contributed by atoms with van der Waals surface area (Å²) >= 11 is 0. The largest absolute Gasteiger partial charge is 0.0776 e. The first-order valence-corrected chi connectivity index (χ1v) is 10.8. The van der Waals surface area contributed by atoms with Crippen molar-refractivity contribution >= 4 is 0 Å². The van der Waals surface area contributed by atoms with E-state index in [0.29, 0.717) is 0 Å². The molecule has 0 radical (unpaired) electrons. The monoisotopic (exact) mass is 410 g/mol. The van der Waals surface area contributed by atoms with E-state index in [1.165, 1.54) is 44.5 Å². The number of rotatable bonds is 3. The van der Waals surface area contributed by atoms with E-state index in [9.17, 15) is 0 Å². The van der Waals surface area contributed by atoms with Crippen LogP contribution in [-0.4, -0.2) is 0 Å². The molecule has 0 fully saturated rings. The van der Waals surface area contributed by atoms with E-state index in [-0.39, 0.29) is 12.8 Å². The third-order valence-electron chi connectivity index (χ3n) is 6.57. The highest BCUT2D eigenvalue weighted by molar-refractivity contribution is 5.88. The molecular weight excluding hydrogens is 384 g/mol. The molecule has 0 aliphatic heterocycles. The lowest BCUT2D eigenvalue weighted by molar-refractivity contribution is 0.769. The van der Waals surface area contributed by atoms with E-state index in [0.717, 1.165) is 0 Å². The molecule has 0 aromatic heterocycles. The van der Waals surface area contributed by atoms with Crippen LogP contribution in [0.4, 0.5) is 0 Å². The minimum absolute atomic E-state index is 0. The zero-order chi connectivity index (χ0) is 20.7. The quantitative estimate of drug-likeness (QED) is 0.275. The average Bonchev–Trinajstić information content (AvgIpc) is 3.16. The third-order valence-corrected chi connectivity index (χ3v) is 6.57. The van der Waals surface area contributed by atoms with Crippen LogP contribution < -0.4 is 0 Å². The standard InChI is InChI=1S/C31H22.CH4/c1-4-12-23(13-5-1)24-20-21-28-27-18-10-11-19-29(27)31(30(28)22-24,25-14-6-2-7-15-25)26-16-8-3-9-17-26;/h1-22H;1H4. The van der Waals surface area contributed by atoms with Crippen molar-refractivity contribution < 1.29 is 0 Å². The molecule has 0 unspecified atom stereocenters. The van der Waals surface area contributed by atoms with Gasteiger partial charge in [-0.25, -0.2) is 0 Å². The molecule has 0 saturated heterocycles. The molecule has 154 valence electrons. The number of hydrogen-bond acceptors (Lipinski definition) is 0. The lowest BCUT2D eigenvalue weighted by Crippen LogP contribution is -2.28. The van der Waals surface area contributed by atoms with Crippen LogP contribution >= 0.6 is 0 Å². The molecule has 0 N–H and O–H groups in total. The summed E-state index contributed by atoms with van der Waals surface area (Å²) in [5.41, 5.74) is 10.1. The molecule has 6 rings (SSSR count). The molecule has 0 amide bonds. The smallest absolute Gasteiger partial charge is 0.0713 e. The predicted molar refractivity (Wildman–Crippen MR) is 136 cm³/mol. The number of fused-ring (bicyclic) bond motifs is 3. The fourth-order valence-corrected chi connectivity index (χ4v) is 5.25. The van der Waals surface area contributed by atoms with Gasteiger partial charge in [-0.1, -0.05) is 135 Å². The highest BCUT2D eigenvalue weighted by atomic mass is 14.5. The Kier molecular flexibility index (Phi) is 4.99. The molecule has 1 aliphatic carbocycles. The van der Waals surface area contributed by atoms with Crippen LogP contribution in [0.1, 0.15) is 29.7 Å². The average molecular weight is 411 g/mol. The topological polar surface area (TPSA) is 0 Å². The second kappa shape index (κ2) is 7.98. The number of benzene rings is 5. The van der Waals surface area contributed by atoms with Crippen molar-refractivity contribution in [2.45, 2.75) is 12.8 Å². The summed E-state index contributed by atoms with van der Waals surface area (Å²) in [6.45, 7) is 0. The van der Waals surface area contributed by atoms with Crippen LogP contribution in [0, 0.1) is 0 Å². The van der Waals surface area contributed by atoms with E-state index in [1.807, 2.05) is 0 Å². The summed E-state index contributed by atoms with van der Waals surface area (Å²) in [6.07, 6.45) is 0. The fourth-order valence-electron chi connectivity index (χ4n) is 5.25. The Bertz CT molecular complexity index is 1310. The predicted octanol–water partition coefficient (Wildman–Crippen LogP) is 8.35. The minimum Gasteiger partial charge on any atom is -0.0776 e. The van der Waals surface area contributed by atoms with Crippen LogP contribution in [0.15, 0.2) is 133 Å². The van der Waals surface area contributed by atoms with Gasteiger partial charge < -0.3 is 0 Å². The van der Waals surface area contributed by atoms with Crippen LogP contribution in [-0.2, 0) is 5.41 Å². The summed E-state index contributed by atoms with van der Waals surface area (Å²) in [5, 5.41) is 0. The minimum atomic E-state index is -0.334. The van der Waals surface area contributed by atoms with Crippen LogP contribution in [0.2, 0.25) is 0 Å². The summed E-state index contributed by atoms with van der Waals surface area (Å²) in [4.78, 5) is 0. The first-order chi connectivity index (χ1) is 15.4. The zero-order valence-electron chi connectivity index (χ0n) is 17.2. The Morgan fingerprint density at radius 2 is 0.875 bits per heavy atom. The van der Waals surface area contributed by atoms with Gasteiger partial charge in [-0.05, 0) is 50.6 Å². The third kappa shape index (κ3) is 2.84. The van der Waals surface area contributed by atoms with Gasteiger partial charge in [0.1, 0.15) is 0 Å². The van der Waals surface area contributed by atoms with Crippen molar-refractivity contribution in [1.29, 1.82) is 0 Å². The molecule has 0 heteroatoms. The van der Waals surface area contributed by atoms with Gasteiger partial charge in [0.05, 0.1) is 5.41 Å². The van der Waals surface area contributed by atoms with E-state index < -0.39 is 0 Å². The Morgan fingerprint density at radius 3 is 1.50 bits per heavy atom. The maximum absolute atomic E-state index is 2.41.